The van der Waals surface area contributed by atoms with Gasteiger partial charge >= 0.3 is 0 Å². The van der Waals surface area contributed by atoms with Crippen molar-refractivity contribution < 1.29 is 14.0 Å². The van der Waals surface area contributed by atoms with Crippen LogP contribution in [0.5, 0.6) is 0 Å². The van der Waals surface area contributed by atoms with Gasteiger partial charge in [0, 0.05) is 37.7 Å². The number of amides is 2. The molecule has 6 nitrogen and oxygen atoms in total. The molecule has 1 unspecified atom stereocenters. The summed E-state index contributed by atoms with van der Waals surface area (Å²) in [7, 11) is 0. The predicted molar refractivity (Wildman–Crippen MR) is 105 cm³/mol. The van der Waals surface area contributed by atoms with Gasteiger partial charge < -0.3 is 20.4 Å². The van der Waals surface area contributed by atoms with Crippen LogP contribution in [0.15, 0.2) is 40.8 Å². The second-order valence-electron chi connectivity index (χ2n) is 6.63. The minimum atomic E-state index is -0.161. The average molecular weight is 390 g/mol. The predicted octanol–water partition coefficient (Wildman–Crippen LogP) is 3.06. The van der Waals surface area contributed by atoms with Crippen molar-refractivity contribution >= 4 is 23.4 Å². The number of rotatable bonds is 6. The van der Waals surface area contributed by atoms with Crippen molar-refractivity contribution in [2.24, 2.45) is 5.73 Å². The van der Waals surface area contributed by atoms with E-state index in [1.165, 1.54) is 0 Å². The number of hydrogen-bond acceptors (Lipinski definition) is 4. The lowest BCUT2D eigenvalue weighted by Gasteiger charge is -2.35. The third kappa shape index (κ3) is 4.70. The maximum absolute atomic E-state index is 13.0. The Labute approximate surface area is 163 Å². The molecule has 0 saturated carbocycles. The van der Waals surface area contributed by atoms with E-state index < -0.39 is 0 Å². The summed E-state index contributed by atoms with van der Waals surface area (Å²) in [6.07, 6.45) is 3.12. The van der Waals surface area contributed by atoms with Gasteiger partial charge in [0.2, 0.25) is 5.91 Å². The highest BCUT2D eigenvalue weighted by Gasteiger charge is 2.29. The van der Waals surface area contributed by atoms with E-state index in [0.29, 0.717) is 36.8 Å². The summed E-state index contributed by atoms with van der Waals surface area (Å²) in [4.78, 5) is 26.5. The molecule has 1 fully saturated rings. The lowest BCUT2D eigenvalue weighted by atomic mass is 10.0. The third-order valence-electron chi connectivity index (χ3n) is 4.75. The van der Waals surface area contributed by atoms with E-state index in [9.17, 15) is 9.59 Å². The molecule has 1 aromatic heterocycles. The van der Waals surface area contributed by atoms with E-state index in [1.54, 1.807) is 23.1 Å². The number of carbonyl (C=O) groups excluding carboxylic acids is 2. The molecule has 1 atom stereocenters. The van der Waals surface area contributed by atoms with Gasteiger partial charge in [0.15, 0.2) is 5.76 Å². The number of halogens is 1. The monoisotopic (exact) mass is 389 g/mol. The van der Waals surface area contributed by atoms with E-state index in [2.05, 4.69) is 5.32 Å². The van der Waals surface area contributed by atoms with E-state index >= 15 is 0 Å². The Bertz CT molecular complexity index is 805. The first-order chi connectivity index (χ1) is 13.1. The molecule has 1 aromatic carbocycles. The summed E-state index contributed by atoms with van der Waals surface area (Å²) in [6, 6.07) is 10.8. The normalized spacial score (nSPS) is 17.0. The summed E-state index contributed by atoms with van der Waals surface area (Å²) >= 11 is 6.21. The molecule has 1 aliphatic rings. The summed E-state index contributed by atoms with van der Waals surface area (Å²) in [5, 5.41) is 3.44. The molecule has 2 aromatic rings. The minimum Gasteiger partial charge on any atom is -0.451 e. The Morgan fingerprint density at radius 2 is 2.04 bits per heavy atom. The van der Waals surface area contributed by atoms with Crippen LogP contribution in [0.4, 0.5) is 0 Å². The first-order valence-corrected chi connectivity index (χ1v) is 9.60. The molecule has 7 heteroatoms. The molecule has 2 amide bonds. The maximum atomic E-state index is 13.0. The summed E-state index contributed by atoms with van der Waals surface area (Å²) in [6.45, 7) is 1.40. The van der Waals surface area contributed by atoms with Gasteiger partial charge in [0.25, 0.3) is 5.91 Å². The first-order valence-electron chi connectivity index (χ1n) is 9.22. The molecule has 144 valence electrons. The molecule has 0 spiro atoms. The molecule has 2 heterocycles. The van der Waals surface area contributed by atoms with Crippen LogP contribution >= 0.6 is 11.6 Å². The third-order valence-corrected chi connectivity index (χ3v) is 5.08. The largest absolute Gasteiger partial charge is 0.451 e. The van der Waals surface area contributed by atoms with Crippen LogP contribution < -0.4 is 11.1 Å². The number of nitrogens with one attached hydrogen (secondary N) is 1. The zero-order chi connectivity index (χ0) is 19.2. The lowest BCUT2D eigenvalue weighted by Crippen LogP contribution is -2.49. The van der Waals surface area contributed by atoms with E-state index in [1.807, 2.05) is 18.2 Å². The van der Waals surface area contributed by atoms with Crippen molar-refractivity contribution in [1.82, 2.24) is 10.2 Å². The molecular weight excluding hydrogens is 366 g/mol. The number of likely N-dealkylation sites (tertiary alicyclic amines) is 1. The van der Waals surface area contributed by atoms with Crippen LogP contribution in [0, 0.1) is 0 Å². The quantitative estimate of drug-likeness (QED) is 0.794. The van der Waals surface area contributed by atoms with Gasteiger partial charge in [0.05, 0.1) is 5.02 Å². The van der Waals surface area contributed by atoms with Crippen molar-refractivity contribution in [3.8, 4) is 11.3 Å². The molecule has 0 aliphatic carbocycles. The van der Waals surface area contributed by atoms with Crippen molar-refractivity contribution in [1.29, 1.82) is 0 Å². The fraction of sp³-hybridized carbons (Fsp3) is 0.400. The highest BCUT2D eigenvalue weighted by atomic mass is 35.5. The molecular formula is C20H24ClN3O3. The first kappa shape index (κ1) is 19.5. The Hall–Kier alpha value is -2.31. The van der Waals surface area contributed by atoms with Crippen LogP contribution in [0.1, 0.15) is 36.2 Å². The Morgan fingerprint density at radius 3 is 2.81 bits per heavy atom. The van der Waals surface area contributed by atoms with Crippen LogP contribution in [0.2, 0.25) is 5.02 Å². The highest BCUT2D eigenvalue weighted by molar-refractivity contribution is 6.33. The topological polar surface area (TPSA) is 88.6 Å². The highest BCUT2D eigenvalue weighted by Crippen LogP contribution is 2.30. The fourth-order valence-electron chi connectivity index (χ4n) is 3.33. The van der Waals surface area contributed by atoms with Crippen LogP contribution in [-0.4, -0.2) is 42.4 Å². The van der Waals surface area contributed by atoms with E-state index in [0.717, 1.165) is 24.8 Å². The molecule has 1 saturated heterocycles. The lowest BCUT2D eigenvalue weighted by molar-refractivity contribution is -0.121. The van der Waals surface area contributed by atoms with Gasteiger partial charge in [-0.05, 0) is 43.5 Å². The number of nitrogens with two attached hydrogens (primary N) is 1. The smallest absolute Gasteiger partial charge is 0.289 e. The molecule has 1 aliphatic heterocycles. The number of nitrogens with zero attached hydrogens (tertiary/aromatic N) is 1. The number of benzene rings is 1. The van der Waals surface area contributed by atoms with E-state index in [-0.39, 0.29) is 23.6 Å². The second-order valence-corrected chi connectivity index (χ2v) is 7.04. The van der Waals surface area contributed by atoms with Gasteiger partial charge in [-0.1, -0.05) is 23.7 Å². The Morgan fingerprint density at radius 1 is 1.22 bits per heavy atom. The molecule has 0 bridgehead atoms. The summed E-state index contributed by atoms with van der Waals surface area (Å²) in [5.41, 5.74) is 6.16. The minimum absolute atomic E-state index is 0.0400. The van der Waals surface area contributed by atoms with Gasteiger partial charge in [-0.15, -0.1) is 0 Å². The Kier molecular flexibility index (Phi) is 6.53. The Balaban J connectivity index is 1.71. The van der Waals surface area contributed by atoms with Crippen molar-refractivity contribution in [2.45, 2.75) is 31.7 Å². The van der Waals surface area contributed by atoms with Gasteiger partial charge in [-0.2, -0.15) is 0 Å². The molecule has 0 radical (unpaired) electrons. The van der Waals surface area contributed by atoms with Crippen LogP contribution in [0.25, 0.3) is 11.3 Å². The average Bonchev–Trinajstić information content (AvgIpc) is 3.16. The van der Waals surface area contributed by atoms with Gasteiger partial charge in [-0.3, -0.25) is 9.59 Å². The molecule has 3 N–H and O–H groups in total. The number of furan rings is 1. The standard InChI is InChI=1S/C20H24ClN3O3/c21-16-7-2-1-6-15(16)17-8-9-18(27-17)20(26)24-12-4-3-5-14(24)13-23-19(25)10-11-22/h1-2,6-9,14H,3-5,10-13,22H2,(H,23,25). The molecule has 3 rings (SSSR count). The fourth-order valence-corrected chi connectivity index (χ4v) is 3.56. The van der Waals surface area contributed by atoms with Gasteiger partial charge in [0.1, 0.15) is 5.76 Å². The summed E-state index contributed by atoms with van der Waals surface area (Å²) < 4.78 is 5.80. The summed E-state index contributed by atoms with van der Waals surface area (Å²) in [5.74, 6) is 0.597. The number of piperidine rings is 1. The number of carbonyl (C=O) groups is 2. The second kappa shape index (κ2) is 9.06. The number of hydrogen-bond donors (Lipinski definition) is 2. The zero-order valence-electron chi connectivity index (χ0n) is 15.1. The van der Waals surface area contributed by atoms with Gasteiger partial charge in [-0.25, -0.2) is 0 Å². The van der Waals surface area contributed by atoms with E-state index in [4.69, 9.17) is 21.8 Å². The van der Waals surface area contributed by atoms with Crippen molar-refractivity contribution in [3.63, 3.8) is 0 Å². The van der Waals surface area contributed by atoms with Crippen LogP contribution in [0.3, 0.4) is 0 Å². The van der Waals surface area contributed by atoms with Crippen molar-refractivity contribution in [2.75, 3.05) is 19.6 Å². The molecule has 27 heavy (non-hydrogen) atoms. The zero-order valence-corrected chi connectivity index (χ0v) is 15.9. The van der Waals surface area contributed by atoms with Crippen LogP contribution in [-0.2, 0) is 4.79 Å². The maximum Gasteiger partial charge on any atom is 0.289 e. The SMILES string of the molecule is NCCC(=O)NCC1CCCCN1C(=O)c1ccc(-c2ccccc2Cl)o1. The van der Waals surface area contributed by atoms with Crippen molar-refractivity contribution in [3.05, 3.63) is 47.2 Å².